The van der Waals surface area contributed by atoms with Gasteiger partial charge in [-0.05, 0) is 44.2 Å². The van der Waals surface area contributed by atoms with Crippen molar-refractivity contribution >= 4 is 34.5 Å². The first-order valence-electron chi connectivity index (χ1n) is 8.37. The molecule has 0 N–H and O–H groups in total. The van der Waals surface area contributed by atoms with Crippen LogP contribution in [-0.4, -0.2) is 54.0 Å². The quantitative estimate of drug-likeness (QED) is 0.728. The second-order valence-corrected chi connectivity index (χ2v) is 7.01. The number of para-hydroxylation sites is 1. The lowest BCUT2D eigenvalue weighted by Gasteiger charge is -2.38. The van der Waals surface area contributed by atoms with Crippen molar-refractivity contribution in [3.63, 3.8) is 0 Å². The number of ether oxygens (including phenoxy) is 1. The van der Waals surface area contributed by atoms with Crippen LogP contribution in [0.2, 0.25) is 0 Å². The molecule has 2 heterocycles. The minimum absolute atomic E-state index is 0.0354. The Kier molecular flexibility index (Phi) is 4.87. The van der Waals surface area contributed by atoms with Crippen molar-refractivity contribution in [1.82, 2.24) is 4.90 Å². The molecule has 3 rings (SSSR count). The average molecular weight is 400 g/mol. The van der Waals surface area contributed by atoms with Gasteiger partial charge in [-0.1, -0.05) is 12.1 Å². The van der Waals surface area contributed by atoms with Crippen LogP contribution in [0.1, 0.15) is 19.4 Å². The van der Waals surface area contributed by atoms with E-state index in [0.29, 0.717) is 13.1 Å². The first-order valence-corrected chi connectivity index (χ1v) is 9.19. The first kappa shape index (κ1) is 19.5. The fraction of sp³-hybridized carbons (Fsp3) is 0.471. The molecule has 1 atom stereocenters. The van der Waals surface area contributed by atoms with E-state index >= 15 is 0 Å². The standard InChI is InChI=1S/C17H19F3N4O2S/c1-5-23(6-2)14-21-16(13(25)26-4,17(18,19)20)22-15-24(14)12-10(3)8-7-9-11(12)27-15/h7-9H,5-6H2,1-4H3/t16-/m0/s1. The number of benzene rings is 1. The van der Waals surface area contributed by atoms with Crippen molar-refractivity contribution < 1.29 is 22.7 Å². The van der Waals surface area contributed by atoms with E-state index < -0.39 is 17.8 Å². The molecule has 27 heavy (non-hydrogen) atoms. The zero-order valence-corrected chi connectivity index (χ0v) is 16.1. The van der Waals surface area contributed by atoms with Crippen LogP contribution < -0.4 is 4.90 Å². The second kappa shape index (κ2) is 6.74. The van der Waals surface area contributed by atoms with Crippen LogP contribution in [0.15, 0.2) is 33.1 Å². The normalized spacial score (nSPS) is 21.2. The minimum atomic E-state index is -5.04. The molecule has 0 saturated carbocycles. The van der Waals surface area contributed by atoms with E-state index in [4.69, 9.17) is 0 Å². The van der Waals surface area contributed by atoms with Crippen LogP contribution in [0.3, 0.4) is 0 Å². The zero-order chi connectivity index (χ0) is 20.0. The summed E-state index contributed by atoms with van der Waals surface area (Å²) in [5.41, 5.74) is -1.70. The Morgan fingerprint density at radius 1 is 1.30 bits per heavy atom. The molecule has 0 aromatic heterocycles. The van der Waals surface area contributed by atoms with E-state index in [2.05, 4.69) is 14.7 Å². The number of alkyl halides is 3. The molecule has 0 bridgehead atoms. The molecule has 10 heteroatoms. The Morgan fingerprint density at radius 2 is 1.96 bits per heavy atom. The molecular weight excluding hydrogens is 381 g/mol. The van der Waals surface area contributed by atoms with Gasteiger partial charge in [-0.3, -0.25) is 4.90 Å². The first-order chi connectivity index (χ1) is 12.7. The monoisotopic (exact) mass is 400 g/mol. The molecule has 2 aliphatic heterocycles. The lowest BCUT2D eigenvalue weighted by Crippen LogP contribution is -2.58. The van der Waals surface area contributed by atoms with Crippen molar-refractivity contribution in [2.24, 2.45) is 9.98 Å². The van der Waals surface area contributed by atoms with Crippen molar-refractivity contribution in [2.75, 3.05) is 25.1 Å². The van der Waals surface area contributed by atoms with Crippen LogP contribution in [0.25, 0.3) is 0 Å². The second-order valence-electron chi connectivity index (χ2n) is 6.00. The van der Waals surface area contributed by atoms with Crippen molar-refractivity contribution in [2.45, 2.75) is 37.5 Å². The molecule has 0 saturated heterocycles. The fourth-order valence-corrected chi connectivity index (χ4v) is 4.19. The Hall–Kier alpha value is -2.23. The maximum atomic E-state index is 14.0. The molecule has 1 aromatic carbocycles. The van der Waals surface area contributed by atoms with Gasteiger partial charge in [-0.25, -0.2) is 14.8 Å². The number of fused-ring (bicyclic) bond motifs is 3. The van der Waals surface area contributed by atoms with Gasteiger partial charge in [-0.15, -0.1) is 0 Å². The molecule has 1 aromatic rings. The third-order valence-corrected chi connectivity index (χ3v) is 5.45. The van der Waals surface area contributed by atoms with Gasteiger partial charge in [0.1, 0.15) is 0 Å². The number of carbonyl (C=O) groups excluding carboxylic acids is 1. The third kappa shape index (κ3) is 2.86. The molecule has 0 fully saturated rings. The van der Waals surface area contributed by atoms with Crippen LogP contribution in [0.5, 0.6) is 0 Å². The molecule has 146 valence electrons. The van der Waals surface area contributed by atoms with E-state index in [9.17, 15) is 18.0 Å². The number of nitrogens with zero attached hydrogens (tertiary/aromatic N) is 4. The SMILES string of the molecule is CCN(CC)C1=N[C@](C(=O)OC)(C(F)(F)F)N=C2Sc3cccc(C)c3N21. The predicted octanol–water partition coefficient (Wildman–Crippen LogP) is 3.41. The van der Waals surface area contributed by atoms with Crippen LogP contribution >= 0.6 is 11.8 Å². The fourth-order valence-electron chi connectivity index (χ4n) is 3.05. The molecule has 0 unspecified atom stereocenters. The van der Waals surface area contributed by atoms with Gasteiger partial charge in [0.25, 0.3) is 0 Å². The Labute approximate surface area is 159 Å². The number of thioether (sulfide) groups is 1. The molecule has 0 amide bonds. The zero-order valence-electron chi connectivity index (χ0n) is 15.3. The number of rotatable bonds is 3. The topological polar surface area (TPSA) is 57.5 Å². The van der Waals surface area contributed by atoms with Crippen LogP contribution in [-0.2, 0) is 9.53 Å². The number of hydrogen-bond acceptors (Lipinski definition) is 7. The highest BCUT2D eigenvalue weighted by Crippen LogP contribution is 2.48. The largest absolute Gasteiger partial charge is 0.465 e. The van der Waals surface area contributed by atoms with Crippen LogP contribution in [0, 0.1) is 6.92 Å². The number of guanidine groups is 1. The number of carbonyl (C=O) groups is 1. The van der Waals surface area contributed by atoms with E-state index in [-0.39, 0.29) is 11.1 Å². The molecular formula is C17H19F3N4O2S. The lowest BCUT2D eigenvalue weighted by molar-refractivity contribution is -0.201. The highest BCUT2D eigenvalue weighted by Gasteiger charge is 2.66. The highest BCUT2D eigenvalue weighted by atomic mass is 32.2. The summed E-state index contributed by atoms with van der Waals surface area (Å²) < 4.78 is 46.4. The molecule has 0 radical (unpaired) electrons. The third-order valence-electron chi connectivity index (χ3n) is 4.45. The van der Waals surface area contributed by atoms with E-state index in [0.717, 1.165) is 35.0 Å². The Morgan fingerprint density at radius 3 is 2.52 bits per heavy atom. The number of halogens is 3. The number of anilines is 1. The van der Waals surface area contributed by atoms with E-state index in [1.54, 1.807) is 15.9 Å². The van der Waals surface area contributed by atoms with E-state index in [1.807, 2.05) is 32.9 Å². The number of amidine groups is 1. The maximum Gasteiger partial charge on any atom is 0.446 e. The summed E-state index contributed by atoms with van der Waals surface area (Å²) in [4.78, 5) is 23.8. The Bertz CT molecular complexity index is 836. The number of methoxy groups -OCH3 is 1. The van der Waals surface area contributed by atoms with Gasteiger partial charge < -0.3 is 9.64 Å². The van der Waals surface area contributed by atoms with Gasteiger partial charge in [0.15, 0.2) is 5.17 Å². The molecule has 0 aliphatic carbocycles. The smallest absolute Gasteiger partial charge is 0.446 e. The van der Waals surface area contributed by atoms with Crippen molar-refractivity contribution in [1.29, 1.82) is 0 Å². The number of aliphatic imine (C=N–C) groups is 2. The number of esters is 1. The summed E-state index contributed by atoms with van der Waals surface area (Å²) in [5.74, 6) is -1.52. The summed E-state index contributed by atoms with van der Waals surface area (Å²) in [6.45, 7) is 6.33. The summed E-state index contributed by atoms with van der Waals surface area (Å²) in [7, 11) is 0.898. The van der Waals surface area contributed by atoms with Gasteiger partial charge in [0.05, 0.1) is 12.8 Å². The number of hydrogen-bond donors (Lipinski definition) is 0. The summed E-state index contributed by atoms with van der Waals surface area (Å²) in [6, 6.07) is 5.50. The summed E-state index contributed by atoms with van der Waals surface area (Å²) in [5, 5.41) is 0.0546. The summed E-state index contributed by atoms with van der Waals surface area (Å²) in [6.07, 6.45) is -5.04. The minimum Gasteiger partial charge on any atom is -0.465 e. The van der Waals surface area contributed by atoms with Crippen LogP contribution in [0.4, 0.5) is 18.9 Å². The van der Waals surface area contributed by atoms with Gasteiger partial charge in [-0.2, -0.15) is 13.2 Å². The highest BCUT2D eigenvalue weighted by molar-refractivity contribution is 8.15. The number of aryl methyl sites for hydroxylation is 1. The van der Waals surface area contributed by atoms with Gasteiger partial charge in [0.2, 0.25) is 5.96 Å². The maximum absolute atomic E-state index is 14.0. The Balaban J connectivity index is 2.29. The molecule has 6 nitrogen and oxygen atoms in total. The summed E-state index contributed by atoms with van der Waals surface area (Å²) >= 11 is 1.08. The molecule has 0 spiro atoms. The van der Waals surface area contributed by atoms with Gasteiger partial charge >= 0.3 is 17.8 Å². The lowest BCUT2D eigenvalue weighted by atomic mass is 10.1. The predicted molar refractivity (Wildman–Crippen MR) is 98.1 cm³/mol. The van der Waals surface area contributed by atoms with E-state index in [1.165, 1.54) is 0 Å². The molecule has 2 aliphatic rings. The van der Waals surface area contributed by atoms with Crippen molar-refractivity contribution in [3.05, 3.63) is 23.8 Å². The average Bonchev–Trinajstić information content (AvgIpc) is 3.00. The van der Waals surface area contributed by atoms with Gasteiger partial charge in [0, 0.05) is 18.0 Å². The van der Waals surface area contributed by atoms with Crippen molar-refractivity contribution in [3.8, 4) is 0 Å².